The fourth-order valence-corrected chi connectivity index (χ4v) is 1.53. The van der Waals surface area contributed by atoms with Crippen LogP contribution in [-0.4, -0.2) is 22.2 Å². The van der Waals surface area contributed by atoms with Crippen LogP contribution in [0.15, 0.2) is 0 Å². The highest BCUT2D eigenvalue weighted by molar-refractivity contribution is 5.92. The summed E-state index contributed by atoms with van der Waals surface area (Å²) in [5, 5.41) is 17.6. The molecule has 4 nitrogen and oxygen atoms in total. The minimum atomic E-state index is -1.29. The lowest BCUT2D eigenvalue weighted by atomic mass is 9.71. The molecule has 0 aromatic carbocycles. The first-order chi connectivity index (χ1) is 6.74. The van der Waals surface area contributed by atoms with E-state index in [1.54, 1.807) is 0 Å². The van der Waals surface area contributed by atoms with Crippen molar-refractivity contribution in [2.75, 3.05) is 0 Å². The van der Waals surface area contributed by atoms with Crippen LogP contribution in [0.5, 0.6) is 0 Å². The summed E-state index contributed by atoms with van der Waals surface area (Å²) in [7, 11) is 0. The van der Waals surface area contributed by atoms with Gasteiger partial charge in [-0.05, 0) is 17.8 Å². The zero-order chi connectivity index (χ0) is 12.2. The summed E-state index contributed by atoms with van der Waals surface area (Å²) in [4.78, 5) is 21.6. The largest absolute Gasteiger partial charge is 0.481 e. The molecule has 1 unspecified atom stereocenters. The molecule has 0 aliphatic rings. The molecule has 0 bridgehead atoms. The first kappa shape index (κ1) is 13.9. The van der Waals surface area contributed by atoms with Crippen LogP contribution < -0.4 is 0 Å². The molecule has 88 valence electrons. The Balaban J connectivity index is 4.78. The van der Waals surface area contributed by atoms with Gasteiger partial charge >= 0.3 is 11.9 Å². The maximum absolute atomic E-state index is 10.8. The first-order valence-electron chi connectivity index (χ1n) is 5.20. The summed E-state index contributed by atoms with van der Waals surface area (Å²) in [5.74, 6) is -3.52. The van der Waals surface area contributed by atoms with Crippen LogP contribution >= 0.6 is 0 Å². The standard InChI is InChI=1S/C11H20O4/c1-5-11(4,7(2)3)6-8(9(12)13)10(14)15/h7-8H,5-6H2,1-4H3,(H,12,13)(H,14,15). The molecule has 1 atom stereocenters. The third kappa shape index (κ3) is 3.53. The van der Waals surface area contributed by atoms with Gasteiger partial charge in [0.15, 0.2) is 5.92 Å². The molecule has 0 radical (unpaired) electrons. The topological polar surface area (TPSA) is 74.6 Å². The van der Waals surface area contributed by atoms with E-state index in [4.69, 9.17) is 10.2 Å². The van der Waals surface area contributed by atoms with E-state index in [0.29, 0.717) is 0 Å². The number of rotatable bonds is 6. The van der Waals surface area contributed by atoms with E-state index in [9.17, 15) is 9.59 Å². The van der Waals surface area contributed by atoms with E-state index < -0.39 is 17.9 Å². The number of aliphatic carboxylic acids is 2. The number of hydrogen-bond acceptors (Lipinski definition) is 2. The monoisotopic (exact) mass is 216 g/mol. The minimum absolute atomic E-state index is 0.186. The Morgan fingerprint density at radius 2 is 1.60 bits per heavy atom. The number of carbonyl (C=O) groups is 2. The molecular formula is C11H20O4. The first-order valence-corrected chi connectivity index (χ1v) is 5.20. The Morgan fingerprint density at radius 3 is 1.80 bits per heavy atom. The molecule has 15 heavy (non-hydrogen) atoms. The van der Waals surface area contributed by atoms with Gasteiger partial charge in [0, 0.05) is 0 Å². The molecule has 0 saturated heterocycles. The Kier molecular flexibility index (Phi) is 4.78. The van der Waals surface area contributed by atoms with Gasteiger partial charge in [-0.3, -0.25) is 9.59 Å². The summed E-state index contributed by atoms with van der Waals surface area (Å²) < 4.78 is 0. The van der Waals surface area contributed by atoms with E-state index in [1.165, 1.54) is 0 Å². The van der Waals surface area contributed by atoms with Gasteiger partial charge in [-0.15, -0.1) is 0 Å². The minimum Gasteiger partial charge on any atom is -0.481 e. The Morgan fingerprint density at radius 1 is 1.20 bits per heavy atom. The highest BCUT2D eigenvalue weighted by Crippen LogP contribution is 2.37. The Labute approximate surface area is 90.3 Å². The fraction of sp³-hybridized carbons (Fsp3) is 0.818. The van der Waals surface area contributed by atoms with Gasteiger partial charge in [0.2, 0.25) is 0 Å². The SMILES string of the molecule is CCC(C)(CC(C(=O)O)C(=O)O)C(C)C. The molecule has 0 heterocycles. The molecule has 0 saturated carbocycles. The van der Waals surface area contributed by atoms with Gasteiger partial charge in [-0.25, -0.2) is 0 Å². The van der Waals surface area contributed by atoms with Crippen LogP contribution in [0.4, 0.5) is 0 Å². The molecule has 0 spiro atoms. The van der Waals surface area contributed by atoms with Crippen molar-refractivity contribution in [3.8, 4) is 0 Å². The lowest BCUT2D eigenvalue weighted by Gasteiger charge is -2.34. The second-order valence-electron chi connectivity index (χ2n) is 4.60. The number of hydrogen-bond donors (Lipinski definition) is 2. The lowest BCUT2D eigenvalue weighted by Crippen LogP contribution is -2.33. The van der Waals surface area contributed by atoms with Crippen molar-refractivity contribution in [1.82, 2.24) is 0 Å². The predicted octanol–water partition coefficient (Wildman–Crippen LogP) is 2.23. The maximum Gasteiger partial charge on any atom is 0.317 e. The highest BCUT2D eigenvalue weighted by atomic mass is 16.4. The van der Waals surface area contributed by atoms with Crippen molar-refractivity contribution in [1.29, 1.82) is 0 Å². The van der Waals surface area contributed by atoms with Crippen LogP contribution in [-0.2, 0) is 9.59 Å². The summed E-state index contributed by atoms with van der Waals surface area (Å²) in [5.41, 5.74) is -0.235. The van der Waals surface area contributed by atoms with Crippen molar-refractivity contribution in [3.63, 3.8) is 0 Å². The van der Waals surface area contributed by atoms with Crippen molar-refractivity contribution >= 4 is 11.9 Å². The van der Waals surface area contributed by atoms with Gasteiger partial charge in [-0.2, -0.15) is 0 Å². The quantitative estimate of drug-likeness (QED) is 0.668. The number of carboxylic acid groups (broad SMARTS) is 2. The van der Waals surface area contributed by atoms with E-state index in [-0.39, 0.29) is 17.8 Å². The lowest BCUT2D eigenvalue weighted by molar-refractivity contribution is -0.156. The van der Waals surface area contributed by atoms with E-state index in [2.05, 4.69) is 0 Å². The second kappa shape index (κ2) is 5.14. The normalized spacial score (nSPS) is 15.3. The molecule has 0 aromatic rings. The van der Waals surface area contributed by atoms with Crippen molar-refractivity contribution in [2.24, 2.45) is 17.3 Å². The fourth-order valence-electron chi connectivity index (χ4n) is 1.53. The number of carboxylic acids is 2. The van der Waals surface area contributed by atoms with Gasteiger partial charge < -0.3 is 10.2 Å². The zero-order valence-corrected chi connectivity index (χ0v) is 9.78. The van der Waals surface area contributed by atoms with E-state index in [0.717, 1.165) is 6.42 Å². The third-order valence-electron chi connectivity index (χ3n) is 3.47. The third-order valence-corrected chi connectivity index (χ3v) is 3.47. The zero-order valence-electron chi connectivity index (χ0n) is 9.78. The molecule has 0 aromatic heterocycles. The smallest absolute Gasteiger partial charge is 0.317 e. The molecule has 0 rings (SSSR count). The predicted molar refractivity (Wildman–Crippen MR) is 56.6 cm³/mol. The van der Waals surface area contributed by atoms with Crippen LogP contribution in [0.3, 0.4) is 0 Å². The molecule has 0 fully saturated rings. The Hall–Kier alpha value is -1.06. The van der Waals surface area contributed by atoms with Crippen LogP contribution in [0.1, 0.15) is 40.5 Å². The van der Waals surface area contributed by atoms with Crippen molar-refractivity contribution in [2.45, 2.75) is 40.5 Å². The van der Waals surface area contributed by atoms with Gasteiger partial charge in [0.25, 0.3) is 0 Å². The van der Waals surface area contributed by atoms with Crippen LogP contribution in [0.25, 0.3) is 0 Å². The van der Waals surface area contributed by atoms with Crippen molar-refractivity contribution in [3.05, 3.63) is 0 Å². The summed E-state index contributed by atoms with van der Waals surface area (Å²) in [6, 6.07) is 0. The molecule has 0 aliphatic carbocycles. The van der Waals surface area contributed by atoms with Gasteiger partial charge in [0.1, 0.15) is 0 Å². The van der Waals surface area contributed by atoms with Gasteiger partial charge in [0.05, 0.1) is 0 Å². The van der Waals surface area contributed by atoms with Crippen molar-refractivity contribution < 1.29 is 19.8 Å². The van der Waals surface area contributed by atoms with E-state index >= 15 is 0 Å². The maximum atomic E-state index is 10.8. The molecule has 0 aliphatic heterocycles. The van der Waals surface area contributed by atoms with E-state index in [1.807, 2.05) is 27.7 Å². The second-order valence-corrected chi connectivity index (χ2v) is 4.60. The Bertz CT molecular complexity index is 233. The highest BCUT2D eigenvalue weighted by Gasteiger charge is 2.36. The van der Waals surface area contributed by atoms with Gasteiger partial charge in [-0.1, -0.05) is 34.1 Å². The van der Waals surface area contributed by atoms with Crippen LogP contribution in [0, 0.1) is 17.3 Å². The average Bonchev–Trinajstić information content (AvgIpc) is 2.12. The summed E-state index contributed by atoms with van der Waals surface area (Å²) >= 11 is 0. The van der Waals surface area contributed by atoms with Crippen LogP contribution in [0.2, 0.25) is 0 Å². The average molecular weight is 216 g/mol. The molecule has 4 heteroatoms. The molecular weight excluding hydrogens is 196 g/mol. The summed E-state index contributed by atoms with van der Waals surface area (Å²) in [6.07, 6.45) is 0.966. The molecule has 2 N–H and O–H groups in total. The molecule has 0 amide bonds. The summed E-state index contributed by atoms with van der Waals surface area (Å²) in [6.45, 7) is 7.88.